The van der Waals surface area contributed by atoms with Gasteiger partial charge in [-0.3, -0.25) is 0 Å². The Kier molecular flexibility index (Phi) is 8.22. The van der Waals surface area contributed by atoms with Crippen molar-refractivity contribution < 1.29 is 8.58 Å². The summed E-state index contributed by atoms with van der Waals surface area (Å²) < 4.78 is 8.14. The van der Waals surface area contributed by atoms with Gasteiger partial charge < -0.3 is 16.2 Å². The standard InChI is InChI=1S/C9H14N2O.Cl2O/c1-12-5-4-7-2-3-8(10)9(11)6-7;1-3-2/h2-3,6H,4-5,10-11H2,1H3;. The third kappa shape index (κ3) is 6.41. The van der Waals surface area contributed by atoms with Crippen LogP contribution in [-0.2, 0) is 15.0 Å². The molecule has 0 aliphatic heterocycles. The van der Waals surface area contributed by atoms with Crippen LogP contribution >= 0.6 is 23.7 Å². The normalized spacial score (nSPS) is 9.27. The van der Waals surface area contributed by atoms with Crippen LogP contribution < -0.4 is 11.5 Å². The first-order valence-corrected chi connectivity index (χ1v) is 4.79. The quantitative estimate of drug-likeness (QED) is 0.811. The summed E-state index contributed by atoms with van der Waals surface area (Å²) in [6.07, 6.45) is 0.876. The second kappa shape index (κ2) is 8.61. The van der Waals surface area contributed by atoms with Gasteiger partial charge in [-0.05, 0) is 24.1 Å². The Morgan fingerprint density at radius 1 is 1.20 bits per heavy atom. The number of halogens is 2. The number of hydrogen-bond acceptors (Lipinski definition) is 4. The van der Waals surface area contributed by atoms with Gasteiger partial charge in [0.05, 0.1) is 41.7 Å². The van der Waals surface area contributed by atoms with Crippen LogP contribution in [0.15, 0.2) is 18.2 Å². The van der Waals surface area contributed by atoms with Crippen molar-refractivity contribution in [2.45, 2.75) is 6.42 Å². The van der Waals surface area contributed by atoms with Crippen LogP contribution in [0, 0.1) is 0 Å². The minimum absolute atomic E-state index is 0.635. The Hall–Kier alpha value is -0.680. The van der Waals surface area contributed by atoms with E-state index in [1.165, 1.54) is 0 Å². The molecule has 1 aromatic rings. The molecule has 0 aliphatic rings. The third-order valence-corrected chi connectivity index (χ3v) is 1.75. The maximum Gasteiger partial charge on any atom is 0.0832 e. The first-order valence-electron chi connectivity index (χ1n) is 4.17. The van der Waals surface area contributed by atoms with Gasteiger partial charge in [0.2, 0.25) is 0 Å². The summed E-state index contributed by atoms with van der Waals surface area (Å²) in [5.41, 5.74) is 13.6. The number of nitrogens with two attached hydrogens (primary N) is 2. The van der Waals surface area contributed by atoms with Gasteiger partial charge in [0, 0.05) is 7.11 Å². The molecule has 0 saturated carbocycles. The molecule has 4 nitrogen and oxygen atoms in total. The van der Waals surface area contributed by atoms with E-state index in [1.54, 1.807) is 7.11 Å². The highest BCUT2D eigenvalue weighted by Gasteiger charge is 1.96. The number of rotatable bonds is 3. The minimum Gasteiger partial charge on any atom is -0.397 e. The monoisotopic (exact) mass is 252 g/mol. The Bertz CT molecular complexity index is 285. The molecule has 0 atom stereocenters. The molecule has 15 heavy (non-hydrogen) atoms. The molecule has 0 spiro atoms. The lowest BCUT2D eigenvalue weighted by Crippen LogP contribution is -1.98. The Balaban J connectivity index is 0.000000583. The van der Waals surface area contributed by atoms with E-state index >= 15 is 0 Å². The van der Waals surface area contributed by atoms with Crippen LogP contribution in [0.2, 0.25) is 0 Å². The summed E-state index contributed by atoms with van der Waals surface area (Å²) in [4.78, 5) is 0. The Morgan fingerprint density at radius 3 is 2.27 bits per heavy atom. The average Bonchev–Trinajstić information content (AvgIpc) is 2.21. The third-order valence-electron chi connectivity index (χ3n) is 1.75. The lowest BCUT2D eigenvalue weighted by molar-refractivity contribution is 0.202. The van der Waals surface area contributed by atoms with Gasteiger partial charge in [-0.25, -0.2) is 0 Å². The first kappa shape index (κ1) is 14.3. The van der Waals surface area contributed by atoms with Gasteiger partial charge in [0.25, 0.3) is 0 Å². The maximum atomic E-state index is 5.63. The van der Waals surface area contributed by atoms with E-state index in [9.17, 15) is 0 Å². The molecular formula is C9H14Cl2N2O2. The predicted molar refractivity (Wildman–Crippen MR) is 63.6 cm³/mol. The molecular weight excluding hydrogens is 239 g/mol. The summed E-state index contributed by atoms with van der Waals surface area (Å²) in [6.45, 7) is 0.712. The van der Waals surface area contributed by atoms with Crippen molar-refractivity contribution in [2.24, 2.45) is 0 Å². The van der Waals surface area contributed by atoms with Crippen LogP contribution in [0.3, 0.4) is 0 Å². The molecule has 0 unspecified atom stereocenters. The van der Waals surface area contributed by atoms with Crippen LogP contribution in [0.25, 0.3) is 0 Å². The Morgan fingerprint density at radius 2 is 1.80 bits per heavy atom. The van der Waals surface area contributed by atoms with Crippen molar-refractivity contribution in [1.82, 2.24) is 0 Å². The van der Waals surface area contributed by atoms with Gasteiger partial charge in [-0.2, -0.15) is 3.84 Å². The van der Waals surface area contributed by atoms with E-state index in [0.717, 1.165) is 12.0 Å². The maximum absolute atomic E-state index is 5.63. The van der Waals surface area contributed by atoms with Crippen LogP contribution in [0.4, 0.5) is 11.4 Å². The lowest BCUT2D eigenvalue weighted by Gasteiger charge is -2.03. The summed E-state index contributed by atoms with van der Waals surface area (Å²) in [7, 11) is 1.68. The smallest absolute Gasteiger partial charge is 0.0832 e. The molecule has 0 heterocycles. The number of ether oxygens (including phenoxy) is 1. The molecule has 1 aromatic carbocycles. The second-order valence-electron chi connectivity index (χ2n) is 2.76. The van der Waals surface area contributed by atoms with E-state index in [1.807, 2.05) is 18.2 Å². The van der Waals surface area contributed by atoms with Gasteiger partial charge in [0.1, 0.15) is 0 Å². The molecule has 0 aliphatic carbocycles. The van der Waals surface area contributed by atoms with Gasteiger partial charge in [-0.1, -0.05) is 6.07 Å². The van der Waals surface area contributed by atoms with E-state index < -0.39 is 0 Å². The van der Waals surface area contributed by atoms with Crippen LogP contribution in [0.5, 0.6) is 0 Å². The SMILES string of the molecule is COCCc1ccc(N)c(N)c1.ClOCl. The Labute approximate surface area is 99.4 Å². The molecule has 6 heteroatoms. The number of hydrogen-bond donors (Lipinski definition) is 2. The van der Waals surface area contributed by atoms with Crippen molar-refractivity contribution >= 4 is 35.1 Å². The van der Waals surface area contributed by atoms with Crippen LogP contribution in [-0.4, -0.2) is 13.7 Å². The van der Waals surface area contributed by atoms with Gasteiger partial charge >= 0.3 is 0 Å². The molecule has 4 N–H and O–H groups in total. The fourth-order valence-corrected chi connectivity index (χ4v) is 1.000. The zero-order valence-corrected chi connectivity index (χ0v) is 9.89. The van der Waals surface area contributed by atoms with Gasteiger partial charge in [-0.15, -0.1) is 0 Å². The lowest BCUT2D eigenvalue weighted by atomic mass is 10.1. The topological polar surface area (TPSA) is 70.5 Å². The first-order chi connectivity index (χ1) is 7.15. The summed E-state index contributed by atoms with van der Waals surface area (Å²) in [6, 6.07) is 5.67. The molecule has 0 bridgehead atoms. The number of methoxy groups -OCH3 is 1. The van der Waals surface area contributed by atoms with Crippen molar-refractivity contribution in [3.63, 3.8) is 0 Å². The number of benzene rings is 1. The van der Waals surface area contributed by atoms with E-state index in [-0.39, 0.29) is 0 Å². The average molecular weight is 253 g/mol. The van der Waals surface area contributed by atoms with E-state index in [0.29, 0.717) is 18.0 Å². The van der Waals surface area contributed by atoms with Crippen molar-refractivity contribution in [1.29, 1.82) is 0 Å². The van der Waals surface area contributed by atoms with Crippen LogP contribution in [0.1, 0.15) is 5.56 Å². The zero-order valence-electron chi connectivity index (χ0n) is 8.37. The number of anilines is 2. The molecule has 0 fully saturated rings. The molecule has 1 rings (SSSR count). The minimum atomic E-state index is 0.635. The number of nitrogen functional groups attached to an aromatic ring is 2. The van der Waals surface area contributed by atoms with Crippen molar-refractivity contribution in [3.05, 3.63) is 23.8 Å². The highest BCUT2D eigenvalue weighted by molar-refractivity contribution is 6.24. The second-order valence-corrected chi connectivity index (χ2v) is 3.23. The van der Waals surface area contributed by atoms with E-state index in [4.69, 9.17) is 16.2 Å². The van der Waals surface area contributed by atoms with Gasteiger partial charge in [0.15, 0.2) is 0 Å². The molecule has 0 aromatic heterocycles. The van der Waals surface area contributed by atoms with Crippen molar-refractivity contribution in [2.75, 3.05) is 25.2 Å². The van der Waals surface area contributed by atoms with E-state index in [2.05, 4.69) is 27.6 Å². The summed E-state index contributed by atoms with van der Waals surface area (Å²) in [5, 5.41) is 0. The molecule has 0 saturated heterocycles. The molecule has 0 radical (unpaired) electrons. The predicted octanol–water partition coefficient (Wildman–Crippen LogP) is 2.35. The molecule has 86 valence electrons. The summed E-state index contributed by atoms with van der Waals surface area (Å²) >= 11 is 8.53. The highest BCUT2D eigenvalue weighted by Crippen LogP contribution is 2.16. The fourth-order valence-electron chi connectivity index (χ4n) is 1.000. The fraction of sp³-hybridized carbons (Fsp3) is 0.333. The zero-order chi connectivity index (χ0) is 11.7. The largest absolute Gasteiger partial charge is 0.397 e. The van der Waals surface area contributed by atoms with Crippen molar-refractivity contribution in [3.8, 4) is 0 Å². The molecule has 0 amide bonds. The summed E-state index contributed by atoms with van der Waals surface area (Å²) in [5.74, 6) is 0. The highest BCUT2D eigenvalue weighted by atomic mass is 35.6.